The summed E-state index contributed by atoms with van der Waals surface area (Å²) in [5, 5.41) is 23.6. The Balaban J connectivity index is 0.000000176. The van der Waals surface area contributed by atoms with Gasteiger partial charge in [0, 0.05) is 38.5 Å². The summed E-state index contributed by atoms with van der Waals surface area (Å²) in [7, 11) is 0. The van der Waals surface area contributed by atoms with Crippen LogP contribution in [0.1, 0.15) is 110 Å². The van der Waals surface area contributed by atoms with Crippen molar-refractivity contribution in [2.24, 2.45) is 5.25 Å². The van der Waals surface area contributed by atoms with E-state index in [1.54, 1.807) is 0 Å². The maximum absolute atomic E-state index is 9.84. The first-order chi connectivity index (χ1) is 22.2. The molecule has 46 heavy (non-hydrogen) atoms. The fraction of sp³-hybridized carbons (Fsp3) is 0.938. The lowest BCUT2D eigenvalue weighted by Crippen LogP contribution is -2.54. The van der Waals surface area contributed by atoms with Gasteiger partial charge >= 0.3 is 12.3 Å². The van der Waals surface area contributed by atoms with E-state index in [9.17, 15) is 10.2 Å². The van der Waals surface area contributed by atoms with Crippen molar-refractivity contribution in [2.45, 2.75) is 188 Å². The second-order valence-corrected chi connectivity index (χ2v) is 13.7. The van der Waals surface area contributed by atoms with Gasteiger partial charge in [-0.05, 0) is 63.1 Å². The van der Waals surface area contributed by atoms with Gasteiger partial charge in [0.05, 0.1) is 60.0 Å². The molecule has 12 atom stereocenters. The summed E-state index contributed by atoms with van der Waals surface area (Å²) in [6.07, 6.45) is 15.9. The summed E-state index contributed by atoms with van der Waals surface area (Å²) < 4.78 is 37.9. The summed E-state index contributed by atoms with van der Waals surface area (Å²) >= 11 is 4.14. The number of nitrogens with two attached hydrogens (primary N) is 1. The van der Waals surface area contributed by atoms with Crippen LogP contribution >= 0.6 is 11.8 Å². The summed E-state index contributed by atoms with van der Waals surface area (Å²) in [4.78, 5) is 32.5. The molecular weight excluding hydrogens is 626 g/mol. The quantitative estimate of drug-likeness (QED) is 0.363. The van der Waals surface area contributed by atoms with E-state index < -0.39 is 12.2 Å². The number of aliphatic hydroxyl groups excluding tert-OH is 2. The lowest BCUT2D eigenvalue weighted by atomic mass is 9.76. The number of ether oxygens (including phenoxy) is 6. The maximum Gasteiger partial charge on any atom is 0.373 e. The zero-order valence-electron chi connectivity index (χ0n) is 26.8. The van der Waals surface area contributed by atoms with Crippen molar-refractivity contribution in [2.75, 3.05) is 0 Å². The molecule has 13 nitrogen and oxygen atoms in total. The predicted octanol–water partition coefficient (Wildman–Crippen LogP) is 2.85. The van der Waals surface area contributed by atoms with Gasteiger partial charge in [-0.2, -0.15) is 19.2 Å². The molecule has 0 aromatic carbocycles. The highest BCUT2D eigenvalue weighted by Crippen LogP contribution is 2.55. The van der Waals surface area contributed by atoms with Crippen LogP contribution in [0, 0.1) is 0 Å². The summed E-state index contributed by atoms with van der Waals surface area (Å²) in [6.45, 7) is 4.36. The number of rotatable bonds is 2. The topological polar surface area (TPSA) is 190 Å². The second-order valence-electron chi connectivity index (χ2n) is 13.7. The minimum atomic E-state index is -0.736. The summed E-state index contributed by atoms with van der Waals surface area (Å²) in [5.41, 5.74) is -0.406. The van der Waals surface area contributed by atoms with Crippen LogP contribution in [-0.2, 0) is 47.6 Å². The highest BCUT2D eigenvalue weighted by Gasteiger charge is 2.65. The van der Waals surface area contributed by atoms with E-state index in [1.807, 2.05) is 0 Å². The molecule has 8 fully saturated rings. The minimum Gasteiger partial charge on any atom is -0.390 e. The van der Waals surface area contributed by atoms with Crippen molar-refractivity contribution in [3.8, 4) is 0 Å². The zero-order valence-corrected chi connectivity index (χ0v) is 27.6. The normalized spacial score (nSPS) is 45.1. The van der Waals surface area contributed by atoms with Gasteiger partial charge in [0.1, 0.15) is 12.2 Å². The first-order valence-corrected chi connectivity index (χ1v) is 17.2. The molecule has 14 heteroatoms. The molecule has 8 aliphatic rings. The molecule has 5 saturated heterocycles. The number of hydrogen-bond donors (Lipinski definition) is 3. The van der Waals surface area contributed by atoms with Crippen LogP contribution in [0.2, 0.25) is 0 Å². The molecule has 0 amide bonds. The van der Waals surface area contributed by atoms with Crippen molar-refractivity contribution < 1.29 is 57.8 Å². The van der Waals surface area contributed by atoms with Crippen LogP contribution in [0.3, 0.4) is 0 Å². The Hall–Kier alpha value is -1.31. The van der Waals surface area contributed by atoms with E-state index in [0.29, 0.717) is 18.6 Å². The van der Waals surface area contributed by atoms with E-state index in [2.05, 4.69) is 30.9 Å². The van der Waals surface area contributed by atoms with Crippen LogP contribution in [0.15, 0.2) is 0 Å². The molecule has 5 heterocycles. The highest BCUT2D eigenvalue weighted by atomic mass is 35.5. The van der Waals surface area contributed by atoms with E-state index in [-0.39, 0.29) is 65.9 Å². The molecule has 4 bridgehead atoms. The fourth-order valence-electron chi connectivity index (χ4n) is 9.13. The fourth-order valence-corrected chi connectivity index (χ4v) is 9.13. The molecule has 262 valence electrons. The Labute approximate surface area is 275 Å². The van der Waals surface area contributed by atoms with Gasteiger partial charge in [0.15, 0.2) is 5.79 Å². The largest absolute Gasteiger partial charge is 0.390 e. The van der Waals surface area contributed by atoms with Crippen molar-refractivity contribution in [1.29, 1.82) is 0 Å². The first kappa shape index (κ1) is 37.5. The monoisotopic (exact) mass is 675 g/mol. The number of hydrogen-bond acceptors (Lipinski definition) is 13. The number of halogens is 1. The van der Waals surface area contributed by atoms with Gasteiger partial charge in [-0.3, -0.25) is 0 Å². The van der Waals surface area contributed by atoms with E-state index in [0.717, 1.165) is 70.6 Å². The SMILES string of the molecule is CC[C@H]1CC[C@@H]2O[C@@H]3C[C@]2(C[C@@H](O)[C@H]3O)O1.CC[C@H]1CC[C@@H]2O[C@@H]3C[C@]2(C[C@H]2OC4(CCCCC4)OC32)O1.NCl.O=C=O.O=C=O. The number of aliphatic hydroxyl groups is 2. The zero-order chi connectivity index (χ0) is 33.5. The van der Waals surface area contributed by atoms with Crippen LogP contribution < -0.4 is 5.25 Å². The van der Waals surface area contributed by atoms with Crippen LogP contribution in [0.5, 0.6) is 0 Å². The smallest absolute Gasteiger partial charge is 0.373 e. The van der Waals surface area contributed by atoms with Crippen molar-refractivity contribution >= 4 is 24.1 Å². The average Bonchev–Trinajstić information content (AvgIpc) is 3.69. The van der Waals surface area contributed by atoms with Gasteiger partial charge < -0.3 is 38.6 Å². The van der Waals surface area contributed by atoms with E-state index >= 15 is 0 Å². The third-order valence-corrected chi connectivity index (χ3v) is 11.1. The lowest BCUT2D eigenvalue weighted by Gasteiger charge is -2.44. The predicted molar refractivity (Wildman–Crippen MR) is 158 cm³/mol. The van der Waals surface area contributed by atoms with Gasteiger partial charge in [0.2, 0.25) is 0 Å². The molecular formula is C32H50ClNO12. The molecule has 3 aliphatic carbocycles. The highest BCUT2D eigenvalue weighted by molar-refractivity contribution is 6.11. The molecule has 0 aromatic rings. The number of carbonyl (C=O) groups excluding carboxylic acids is 4. The molecule has 8 rings (SSSR count). The van der Waals surface area contributed by atoms with Crippen LogP contribution in [-0.4, -0.2) is 101 Å². The molecule has 1 unspecified atom stereocenters. The lowest BCUT2D eigenvalue weighted by molar-refractivity contribution is -0.215. The molecule has 4 N–H and O–H groups in total. The van der Waals surface area contributed by atoms with Gasteiger partial charge in [-0.1, -0.05) is 20.3 Å². The molecule has 3 spiro atoms. The maximum atomic E-state index is 9.84. The molecule has 0 aromatic heterocycles. The third kappa shape index (κ3) is 7.62. The van der Waals surface area contributed by atoms with Gasteiger partial charge in [0.25, 0.3) is 0 Å². The Kier molecular flexibility index (Phi) is 13.4. The average molecular weight is 676 g/mol. The Morgan fingerprint density at radius 2 is 1.15 bits per heavy atom. The van der Waals surface area contributed by atoms with Gasteiger partial charge in [-0.15, -0.1) is 0 Å². The standard InChI is InChI=1S/C18H28O4.C12H20O4.2CO2.ClH2N/c1-2-12-6-7-15-17(20-12)10-13(19-15)16-14(11-17)21-18(22-16)8-4-3-5-9-18;1-2-7-3-4-10-12(16-7)5-8(13)11(14)9(6-12)15-10;2*2-1-3;1-2/h12-16H,2-11H2,1H3;7-11,13-14H,2-6H2,1H3;;;2H2/t12-,13+,14+,15-,16?,17+;7-,8+,9+,10-,11+,12-;;;/m00.../s1. The number of fused-ring (bicyclic) bond motifs is 4. The molecule has 0 radical (unpaired) electrons. The minimum absolute atomic E-state index is 0.0760. The Bertz CT molecular complexity index is 1030. The Morgan fingerprint density at radius 3 is 1.70 bits per heavy atom. The second kappa shape index (κ2) is 16.4. The Morgan fingerprint density at radius 1 is 0.674 bits per heavy atom. The first-order valence-electron chi connectivity index (χ1n) is 16.8. The third-order valence-electron chi connectivity index (χ3n) is 11.1. The van der Waals surface area contributed by atoms with E-state index in [4.69, 9.17) is 47.6 Å². The van der Waals surface area contributed by atoms with Crippen LogP contribution in [0.4, 0.5) is 0 Å². The summed E-state index contributed by atoms with van der Waals surface area (Å²) in [6, 6.07) is 0. The van der Waals surface area contributed by atoms with Crippen molar-refractivity contribution in [3.63, 3.8) is 0 Å². The van der Waals surface area contributed by atoms with Crippen molar-refractivity contribution in [3.05, 3.63) is 0 Å². The van der Waals surface area contributed by atoms with Gasteiger partial charge in [-0.25, -0.2) is 5.25 Å². The summed E-state index contributed by atoms with van der Waals surface area (Å²) in [5.74, 6) is -0.299. The van der Waals surface area contributed by atoms with Crippen molar-refractivity contribution in [1.82, 2.24) is 0 Å². The van der Waals surface area contributed by atoms with Crippen LogP contribution in [0.25, 0.3) is 0 Å². The molecule has 5 aliphatic heterocycles. The molecule has 3 saturated carbocycles. The van der Waals surface area contributed by atoms with E-state index in [1.165, 1.54) is 19.3 Å².